The van der Waals surface area contributed by atoms with Gasteiger partial charge in [0, 0.05) is 33.4 Å². The summed E-state index contributed by atoms with van der Waals surface area (Å²) in [4.78, 5) is 25.9. The molecule has 0 atom stereocenters. The van der Waals surface area contributed by atoms with Gasteiger partial charge < -0.3 is 10.6 Å². The summed E-state index contributed by atoms with van der Waals surface area (Å²) in [7, 11) is 0. The molecule has 1 aromatic heterocycles. The summed E-state index contributed by atoms with van der Waals surface area (Å²) in [5.41, 5.74) is 3.18. The first-order valence-electron chi connectivity index (χ1n) is 9.40. The van der Waals surface area contributed by atoms with Gasteiger partial charge in [-0.2, -0.15) is 5.10 Å². The van der Waals surface area contributed by atoms with Crippen LogP contribution in [0.15, 0.2) is 76.5 Å². The maximum atomic E-state index is 12.6. The average Bonchev–Trinajstić information content (AvgIpc) is 3.10. The Hall–Kier alpha value is -3.58. The summed E-state index contributed by atoms with van der Waals surface area (Å²) in [5, 5.41) is 13.6. The number of nitrogens with one attached hydrogen (secondary N) is 3. The van der Waals surface area contributed by atoms with Crippen molar-refractivity contribution in [3.05, 3.63) is 77.9 Å². The van der Waals surface area contributed by atoms with Crippen molar-refractivity contribution in [3.8, 4) is 0 Å². The van der Waals surface area contributed by atoms with E-state index in [0.717, 1.165) is 31.9 Å². The van der Waals surface area contributed by atoms with Gasteiger partial charge in [0.15, 0.2) is 5.82 Å². The van der Waals surface area contributed by atoms with Crippen LogP contribution in [0.5, 0.6) is 0 Å². The third-order valence-electron chi connectivity index (χ3n) is 4.55. The highest BCUT2D eigenvalue weighted by atomic mass is 32.2. The van der Waals surface area contributed by atoms with Crippen molar-refractivity contribution < 1.29 is 9.59 Å². The third-order valence-corrected chi connectivity index (χ3v) is 5.53. The van der Waals surface area contributed by atoms with Crippen LogP contribution in [-0.2, 0) is 4.79 Å². The van der Waals surface area contributed by atoms with E-state index < -0.39 is 0 Å². The van der Waals surface area contributed by atoms with Crippen LogP contribution in [0.25, 0.3) is 10.9 Å². The van der Waals surface area contributed by atoms with Crippen molar-refractivity contribution in [2.24, 2.45) is 0 Å². The second kappa shape index (κ2) is 8.42. The Labute approximate surface area is 178 Å². The lowest BCUT2D eigenvalue weighted by Gasteiger charge is -2.09. The standard InChI is InChI=1S/C23H20N4O2S/c1-14-6-3-4-9-19(14)23(29)25-16-7-5-8-17(12-16)30-18-10-11-20-21(13-18)26-27-22(20)24-15(2)28/h3-13H,1-2H3,(H,25,29)(H2,24,26,27,28). The molecular formula is C23H20N4O2S. The Morgan fingerprint density at radius 2 is 1.73 bits per heavy atom. The van der Waals surface area contributed by atoms with E-state index in [2.05, 4.69) is 20.8 Å². The molecule has 0 saturated heterocycles. The summed E-state index contributed by atoms with van der Waals surface area (Å²) in [5.74, 6) is 0.237. The Bertz CT molecular complexity index is 1250. The van der Waals surface area contributed by atoms with Gasteiger partial charge >= 0.3 is 0 Å². The van der Waals surface area contributed by atoms with E-state index in [0.29, 0.717) is 11.4 Å². The molecule has 0 radical (unpaired) electrons. The molecule has 0 fully saturated rings. The van der Waals surface area contributed by atoms with Crippen molar-refractivity contribution in [2.75, 3.05) is 10.6 Å². The fraction of sp³-hybridized carbons (Fsp3) is 0.0870. The third kappa shape index (κ3) is 4.36. The van der Waals surface area contributed by atoms with E-state index in [9.17, 15) is 9.59 Å². The predicted octanol–water partition coefficient (Wildman–Crippen LogP) is 5.23. The van der Waals surface area contributed by atoms with Gasteiger partial charge in [-0.25, -0.2) is 0 Å². The molecule has 0 unspecified atom stereocenters. The number of benzene rings is 3. The summed E-state index contributed by atoms with van der Waals surface area (Å²) >= 11 is 1.58. The number of carbonyl (C=O) groups is 2. The van der Waals surface area contributed by atoms with Gasteiger partial charge in [-0.1, -0.05) is 36.0 Å². The van der Waals surface area contributed by atoms with Crippen molar-refractivity contribution in [3.63, 3.8) is 0 Å². The molecule has 4 rings (SSSR count). The number of anilines is 2. The van der Waals surface area contributed by atoms with Crippen molar-refractivity contribution in [1.82, 2.24) is 10.2 Å². The molecule has 0 spiro atoms. The minimum Gasteiger partial charge on any atom is -0.322 e. The average molecular weight is 417 g/mol. The highest BCUT2D eigenvalue weighted by molar-refractivity contribution is 7.99. The van der Waals surface area contributed by atoms with Crippen LogP contribution in [-0.4, -0.2) is 22.0 Å². The van der Waals surface area contributed by atoms with Gasteiger partial charge in [-0.05, 0) is 55.0 Å². The van der Waals surface area contributed by atoms with Crippen LogP contribution in [0.2, 0.25) is 0 Å². The number of aromatic nitrogens is 2. The molecule has 0 aliphatic carbocycles. The molecule has 6 nitrogen and oxygen atoms in total. The Kier molecular flexibility index (Phi) is 5.54. The molecule has 0 saturated carbocycles. The first-order chi connectivity index (χ1) is 14.5. The van der Waals surface area contributed by atoms with Crippen LogP contribution >= 0.6 is 11.8 Å². The highest BCUT2D eigenvalue weighted by Gasteiger charge is 2.10. The molecule has 0 aliphatic rings. The second-order valence-electron chi connectivity index (χ2n) is 6.86. The number of carbonyl (C=O) groups excluding carboxylic acids is 2. The Morgan fingerprint density at radius 3 is 2.53 bits per heavy atom. The van der Waals surface area contributed by atoms with Gasteiger partial charge in [0.2, 0.25) is 5.91 Å². The zero-order valence-electron chi connectivity index (χ0n) is 16.5. The molecule has 30 heavy (non-hydrogen) atoms. The van der Waals surface area contributed by atoms with Crippen molar-refractivity contribution in [1.29, 1.82) is 0 Å². The van der Waals surface area contributed by atoms with E-state index in [1.165, 1.54) is 6.92 Å². The first-order valence-corrected chi connectivity index (χ1v) is 10.2. The van der Waals surface area contributed by atoms with Crippen LogP contribution < -0.4 is 10.6 Å². The molecule has 150 valence electrons. The van der Waals surface area contributed by atoms with Crippen LogP contribution in [0.4, 0.5) is 11.5 Å². The van der Waals surface area contributed by atoms with Gasteiger partial charge in [0.1, 0.15) is 0 Å². The molecule has 0 bridgehead atoms. The number of aryl methyl sites for hydroxylation is 1. The number of hydrogen-bond donors (Lipinski definition) is 3. The number of hydrogen-bond acceptors (Lipinski definition) is 4. The summed E-state index contributed by atoms with van der Waals surface area (Å²) in [6.45, 7) is 3.37. The fourth-order valence-corrected chi connectivity index (χ4v) is 4.04. The first kappa shape index (κ1) is 19.7. The molecular weight excluding hydrogens is 396 g/mol. The van der Waals surface area contributed by atoms with E-state index >= 15 is 0 Å². The molecule has 0 aliphatic heterocycles. The Morgan fingerprint density at radius 1 is 0.933 bits per heavy atom. The SMILES string of the molecule is CC(=O)Nc1n[nH]c2cc(Sc3cccc(NC(=O)c4ccccc4C)c3)ccc12. The molecule has 1 heterocycles. The zero-order chi connectivity index (χ0) is 21.1. The smallest absolute Gasteiger partial charge is 0.255 e. The quantitative estimate of drug-likeness (QED) is 0.416. The van der Waals surface area contributed by atoms with Crippen LogP contribution in [0.1, 0.15) is 22.8 Å². The van der Waals surface area contributed by atoms with E-state index in [1.807, 2.05) is 73.7 Å². The number of H-pyrrole nitrogens is 1. The maximum absolute atomic E-state index is 12.6. The highest BCUT2D eigenvalue weighted by Crippen LogP contribution is 2.32. The lowest BCUT2D eigenvalue weighted by Crippen LogP contribution is -2.13. The second-order valence-corrected chi connectivity index (χ2v) is 8.01. The number of nitrogens with zero attached hydrogens (tertiary/aromatic N) is 1. The van der Waals surface area contributed by atoms with E-state index in [4.69, 9.17) is 0 Å². The van der Waals surface area contributed by atoms with E-state index in [1.54, 1.807) is 11.8 Å². The lowest BCUT2D eigenvalue weighted by molar-refractivity contribution is -0.114. The van der Waals surface area contributed by atoms with Gasteiger partial charge in [-0.3, -0.25) is 14.7 Å². The topological polar surface area (TPSA) is 86.9 Å². The van der Waals surface area contributed by atoms with Crippen molar-refractivity contribution in [2.45, 2.75) is 23.6 Å². The van der Waals surface area contributed by atoms with E-state index in [-0.39, 0.29) is 11.8 Å². The predicted molar refractivity (Wildman–Crippen MR) is 120 cm³/mol. The minimum absolute atomic E-state index is 0.125. The zero-order valence-corrected chi connectivity index (χ0v) is 17.3. The number of fused-ring (bicyclic) bond motifs is 1. The summed E-state index contributed by atoms with van der Waals surface area (Å²) in [6, 6.07) is 21.1. The van der Waals surface area contributed by atoms with Gasteiger partial charge in [-0.15, -0.1) is 0 Å². The summed E-state index contributed by atoms with van der Waals surface area (Å²) < 4.78 is 0. The van der Waals surface area contributed by atoms with Crippen LogP contribution in [0, 0.1) is 6.92 Å². The molecule has 3 aromatic carbocycles. The van der Waals surface area contributed by atoms with Gasteiger partial charge in [0.05, 0.1) is 5.52 Å². The minimum atomic E-state index is -0.161. The number of aromatic amines is 1. The lowest BCUT2D eigenvalue weighted by atomic mass is 10.1. The Balaban J connectivity index is 1.51. The normalized spacial score (nSPS) is 10.7. The van der Waals surface area contributed by atoms with Crippen LogP contribution in [0.3, 0.4) is 0 Å². The van der Waals surface area contributed by atoms with Crippen molar-refractivity contribution >= 4 is 46.0 Å². The monoisotopic (exact) mass is 416 g/mol. The number of amides is 2. The largest absolute Gasteiger partial charge is 0.322 e. The molecule has 4 aromatic rings. The summed E-state index contributed by atoms with van der Waals surface area (Å²) in [6.07, 6.45) is 0. The number of rotatable bonds is 5. The fourth-order valence-electron chi connectivity index (χ4n) is 3.12. The molecule has 2 amide bonds. The molecule has 3 N–H and O–H groups in total. The van der Waals surface area contributed by atoms with Gasteiger partial charge in [0.25, 0.3) is 5.91 Å². The molecule has 7 heteroatoms. The maximum Gasteiger partial charge on any atom is 0.255 e.